The Bertz CT molecular complexity index is 533. The molecule has 1 aliphatic heterocycles. The van der Waals surface area contributed by atoms with E-state index in [4.69, 9.17) is 11.6 Å². The normalized spacial score (nSPS) is 21.6. The van der Waals surface area contributed by atoms with E-state index >= 15 is 0 Å². The molecule has 0 aromatic heterocycles. The first-order valence-electron chi connectivity index (χ1n) is 6.56. The van der Waals surface area contributed by atoms with Gasteiger partial charge in [-0.15, -0.1) is 0 Å². The van der Waals surface area contributed by atoms with Crippen molar-refractivity contribution in [2.24, 2.45) is 11.8 Å². The molecule has 2 unspecified atom stereocenters. The molecule has 3 N–H and O–H groups in total. The lowest BCUT2D eigenvalue weighted by atomic mass is 9.97. The minimum Gasteiger partial charge on any atom is -0.326 e. The standard InChI is InChI=1S/C14H18ClN3O2/c1-8-6-16-7-11(8)14(20)18-10-3-4-13(12(15)5-10)17-9(2)19/h3-5,8,11,16H,6-7H2,1-2H3,(H,17,19)(H,18,20). The summed E-state index contributed by atoms with van der Waals surface area (Å²) in [6, 6.07) is 5.04. The summed E-state index contributed by atoms with van der Waals surface area (Å²) in [5, 5.41) is 9.08. The van der Waals surface area contributed by atoms with Gasteiger partial charge in [-0.3, -0.25) is 9.59 Å². The predicted molar refractivity (Wildman–Crippen MR) is 79.9 cm³/mol. The number of carbonyl (C=O) groups is 2. The molecule has 1 fully saturated rings. The topological polar surface area (TPSA) is 70.2 Å². The van der Waals surface area contributed by atoms with Crippen molar-refractivity contribution in [1.29, 1.82) is 0 Å². The highest BCUT2D eigenvalue weighted by molar-refractivity contribution is 6.34. The van der Waals surface area contributed by atoms with Gasteiger partial charge >= 0.3 is 0 Å². The fraction of sp³-hybridized carbons (Fsp3) is 0.429. The number of hydrogen-bond donors (Lipinski definition) is 3. The molecule has 2 atom stereocenters. The third-order valence-corrected chi connectivity index (χ3v) is 3.71. The van der Waals surface area contributed by atoms with Crippen LogP contribution in [0, 0.1) is 11.8 Å². The minimum absolute atomic E-state index is 0.00848. The molecule has 0 saturated carbocycles. The number of anilines is 2. The fourth-order valence-corrected chi connectivity index (χ4v) is 2.51. The zero-order chi connectivity index (χ0) is 14.7. The van der Waals surface area contributed by atoms with Crippen LogP contribution in [-0.4, -0.2) is 24.9 Å². The van der Waals surface area contributed by atoms with Crippen LogP contribution in [0.3, 0.4) is 0 Å². The van der Waals surface area contributed by atoms with E-state index in [-0.39, 0.29) is 17.7 Å². The van der Waals surface area contributed by atoms with E-state index < -0.39 is 0 Å². The Morgan fingerprint density at radius 2 is 2.05 bits per heavy atom. The number of hydrogen-bond acceptors (Lipinski definition) is 3. The molecule has 1 heterocycles. The van der Waals surface area contributed by atoms with Crippen molar-refractivity contribution in [3.05, 3.63) is 23.2 Å². The van der Waals surface area contributed by atoms with Gasteiger partial charge < -0.3 is 16.0 Å². The molecule has 0 aliphatic carbocycles. The molecule has 6 heteroatoms. The molecule has 1 saturated heterocycles. The summed E-state index contributed by atoms with van der Waals surface area (Å²) in [7, 11) is 0. The lowest BCUT2D eigenvalue weighted by Crippen LogP contribution is -2.27. The van der Waals surface area contributed by atoms with Gasteiger partial charge in [0.1, 0.15) is 0 Å². The van der Waals surface area contributed by atoms with Crippen molar-refractivity contribution in [3.8, 4) is 0 Å². The smallest absolute Gasteiger partial charge is 0.229 e. The van der Waals surface area contributed by atoms with Crippen LogP contribution < -0.4 is 16.0 Å². The molecule has 1 aromatic carbocycles. The van der Waals surface area contributed by atoms with Gasteiger partial charge in [0, 0.05) is 19.2 Å². The van der Waals surface area contributed by atoms with Crippen molar-refractivity contribution in [1.82, 2.24) is 5.32 Å². The lowest BCUT2D eigenvalue weighted by Gasteiger charge is -2.15. The van der Waals surface area contributed by atoms with Crippen molar-refractivity contribution >= 4 is 34.8 Å². The van der Waals surface area contributed by atoms with Gasteiger partial charge in [0.2, 0.25) is 11.8 Å². The summed E-state index contributed by atoms with van der Waals surface area (Å²) < 4.78 is 0. The van der Waals surface area contributed by atoms with Gasteiger partial charge in [-0.2, -0.15) is 0 Å². The van der Waals surface area contributed by atoms with E-state index in [1.807, 2.05) is 0 Å². The van der Waals surface area contributed by atoms with Gasteiger partial charge in [-0.1, -0.05) is 18.5 Å². The predicted octanol–water partition coefficient (Wildman–Crippen LogP) is 2.09. The highest BCUT2D eigenvalue weighted by Crippen LogP contribution is 2.26. The van der Waals surface area contributed by atoms with Crippen LogP contribution in [0.2, 0.25) is 5.02 Å². The maximum atomic E-state index is 12.1. The van der Waals surface area contributed by atoms with Crippen LogP contribution in [0.25, 0.3) is 0 Å². The molecular weight excluding hydrogens is 278 g/mol. The monoisotopic (exact) mass is 295 g/mol. The second-order valence-electron chi connectivity index (χ2n) is 5.11. The first kappa shape index (κ1) is 14.8. The Kier molecular flexibility index (Phi) is 4.62. The maximum absolute atomic E-state index is 12.1. The van der Waals surface area contributed by atoms with E-state index in [2.05, 4.69) is 22.9 Å². The SMILES string of the molecule is CC(=O)Nc1ccc(NC(=O)C2CNCC2C)cc1Cl. The number of halogens is 1. The van der Waals surface area contributed by atoms with E-state index in [1.165, 1.54) is 6.92 Å². The van der Waals surface area contributed by atoms with E-state index in [9.17, 15) is 9.59 Å². The third-order valence-electron chi connectivity index (χ3n) is 3.40. The van der Waals surface area contributed by atoms with Crippen molar-refractivity contribution < 1.29 is 9.59 Å². The van der Waals surface area contributed by atoms with Gasteiger partial charge in [-0.25, -0.2) is 0 Å². The average Bonchev–Trinajstić information content (AvgIpc) is 2.78. The number of carbonyl (C=O) groups excluding carboxylic acids is 2. The molecular formula is C14H18ClN3O2. The molecule has 5 nitrogen and oxygen atoms in total. The van der Waals surface area contributed by atoms with E-state index in [0.717, 1.165) is 6.54 Å². The van der Waals surface area contributed by atoms with Crippen LogP contribution >= 0.6 is 11.6 Å². The molecule has 2 rings (SSSR count). The molecule has 0 spiro atoms. The number of benzene rings is 1. The second-order valence-corrected chi connectivity index (χ2v) is 5.51. The van der Waals surface area contributed by atoms with Gasteiger partial charge in [0.25, 0.3) is 0 Å². The maximum Gasteiger partial charge on any atom is 0.229 e. The first-order chi connectivity index (χ1) is 9.47. The Hall–Kier alpha value is -1.59. The minimum atomic E-state index is -0.186. The van der Waals surface area contributed by atoms with Crippen molar-refractivity contribution in [2.75, 3.05) is 23.7 Å². The summed E-state index contributed by atoms with van der Waals surface area (Å²) in [6.45, 7) is 5.03. The van der Waals surface area contributed by atoms with E-state index in [1.54, 1.807) is 18.2 Å². The van der Waals surface area contributed by atoms with E-state index in [0.29, 0.717) is 28.9 Å². The number of amides is 2. The fourth-order valence-electron chi connectivity index (χ4n) is 2.28. The summed E-state index contributed by atoms with van der Waals surface area (Å²) in [5.74, 6) is 0.105. The van der Waals surface area contributed by atoms with Crippen LogP contribution in [0.15, 0.2) is 18.2 Å². The Morgan fingerprint density at radius 1 is 1.30 bits per heavy atom. The molecule has 0 bridgehead atoms. The Labute approximate surface area is 123 Å². The third kappa shape index (κ3) is 3.49. The molecule has 108 valence electrons. The first-order valence-corrected chi connectivity index (χ1v) is 6.94. The van der Waals surface area contributed by atoms with Crippen LogP contribution in [0.5, 0.6) is 0 Å². The average molecular weight is 296 g/mol. The molecule has 2 amide bonds. The Morgan fingerprint density at radius 3 is 2.60 bits per heavy atom. The highest BCUT2D eigenvalue weighted by Gasteiger charge is 2.29. The summed E-state index contributed by atoms with van der Waals surface area (Å²) in [4.78, 5) is 23.1. The van der Waals surface area contributed by atoms with Crippen LogP contribution in [0.1, 0.15) is 13.8 Å². The van der Waals surface area contributed by atoms with Crippen LogP contribution in [-0.2, 0) is 9.59 Å². The quantitative estimate of drug-likeness (QED) is 0.800. The second kappa shape index (κ2) is 6.24. The van der Waals surface area contributed by atoms with Gasteiger partial charge in [-0.05, 0) is 30.7 Å². The molecule has 20 heavy (non-hydrogen) atoms. The van der Waals surface area contributed by atoms with Gasteiger partial charge in [0.15, 0.2) is 0 Å². The Balaban J connectivity index is 2.04. The number of nitrogens with one attached hydrogen (secondary N) is 3. The summed E-state index contributed by atoms with van der Waals surface area (Å²) >= 11 is 6.07. The van der Waals surface area contributed by atoms with Crippen molar-refractivity contribution in [2.45, 2.75) is 13.8 Å². The van der Waals surface area contributed by atoms with Crippen molar-refractivity contribution in [3.63, 3.8) is 0 Å². The summed E-state index contributed by atoms with van der Waals surface area (Å²) in [5.41, 5.74) is 1.17. The number of rotatable bonds is 3. The zero-order valence-corrected chi connectivity index (χ0v) is 12.3. The molecule has 1 aliphatic rings. The van der Waals surface area contributed by atoms with Crippen LogP contribution in [0.4, 0.5) is 11.4 Å². The van der Waals surface area contributed by atoms with Gasteiger partial charge in [0.05, 0.1) is 16.6 Å². The highest BCUT2D eigenvalue weighted by atomic mass is 35.5. The lowest BCUT2D eigenvalue weighted by molar-refractivity contribution is -0.120. The zero-order valence-electron chi connectivity index (χ0n) is 11.5. The molecule has 1 aromatic rings. The molecule has 0 radical (unpaired) electrons. The largest absolute Gasteiger partial charge is 0.326 e. The summed E-state index contributed by atoms with van der Waals surface area (Å²) in [6.07, 6.45) is 0.